The van der Waals surface area contributed by atoms with Crippen LogP contribution < -0.4 is 10.6 Å². The molecule has 1 heterocycles. The summed E-state index contributed by atoms with van der Waals surface area (Å²) in [5.74, 6) is -0.144. The van der Waals surface area contributed by atoms with E-state index >= 15 is 0 Å². The normalized spacial score (nSPS) is 11.7. The van der Waals surface area contributed by atoms with Crippen molar-refractivity contribution in [3.05, 3.63) is 95.4 Å². The highest BCUT2D eigenvalue weighted by atomic mass is 32.1. The minimum atomic E-state index is -0.158. The van der Waals surface area contributed by atoms with Crippen LogP contribution in [0.2, 0.25) is 0 Å². The SMILES string of the molecule is CCC(C(=O)Nc1ccc(-c2csc(Nc3ccc(C)cc3)n2)cc1)c1ccccc1. The largest absolute Gasteiger partial charge is 0.332 e. The highest BCUT2D eigenvalue weighted by Gasteiger charge is 2.18. The molecule has 0 fully saturated rings. The van der Waals surface area contributed by atoms with Gasteiger partial charge in [-0.15, -0.1) is 11.3 Å². The number of nitrogens with one attached hydrogen (secondary N) is 2. The summed E-state index contributed by atoms with van der Waals surface area (Å²) in [4.78, 5) is 17.5. The summed E-state index contributed by atoms with van der Waals surface area (Å²) in [6.07, 6.45) is 0.753. The van der Waals surface area contributed by atoms with Crippen LogP contribution >= 0.6 is 11.3 Å². The van der Waals surface area contributed by atoms with Gasteiger partial charge in [0, 0.05) is 22.3 Å². The van der Waals surface area contributed by atoms with Crippen LogP contribution in [0, 0.1) is 6.92 Å². The Morgan fingerprint density at radius 1 is 0.935 bits per heavy atom. The van der Waals surface area contributed by atoms with Crippen molar-refractivity contribution in [2.45, 2.75) is 26.2 Å². The molecule has 1 unspecified atom stereocenters. The van der Waals surface area contributed by atoms with E-state index in [9.17, 15) is 4.79 Å². The Bertz CT molecular complexity index is 1140. The van der Waals surface area contributed by atoms with Crippen molar-refractivity contribution in [2.75, 3.05) is 10.6 Å². The third kappa shape index (κ3) is 5.19. The van der Waals surface area contributed by atoms with E-state index in [0.29, 0.717) is 0 Å². The minimum absolute atomic E-state index is 0.0136. The monoisotopic (exact) mass is 427 g/mol. The molecule has 156 valence electrons. The fourth-order valence-corrected chi connectivity index (χ4v) is 4.18. The highest BCUT2D eigenvalue weighted by Crippen LogP contribution is 2.28. The lowest BCUT2D eigenvalue weighted by Gasteiger charge is -2.15. The van der Waals surface area contributed by atoms with Gasteiger partial charge in [0.05, 0.1) is 11.6 Å². The quantitative estimate of drug-likeness (QED) is 0.334. The molecule has 0 radical (unpaired) electrons. The van der Waals surface area contributed by atoms with Crippen LogP contribution in [0.25, 0.3) is 11.3 Å². The molecule has 5 heteroatoms. The summed E-state index contributed by atoms with van der Waals surface area (Å²) in [6.45, 7) is 4.10. The van der Waals surface area contributed by atoms with Gasteiger partial charge in [-0.3, -0.25) is 4.79 Å². The lowest BCUT2D eigenvalue weighted by atomic mass is 9.95. The van der Waals surface area contributed by atoms with Crippen molar-refractivity contribution in [3.63, 3.8) is 0 Å². The predicted octanol–water partition coefficient (Wildman–Crippen LogP) is 6.99. The molecular weight excluding hydrogens is 402 g/mol. The van der Waals surface area contributed by atoms with Crippen LogP contribution in [-0.2, 0) is 4.79 Å². The smallest absolute Gasteiger partial charge is 0.231 e. The molecule has 31 heavy (non-hydrogen) atoms. The standard InChI is InChI=1S/C26H25N3OS/c1-3-23(19-7-5-4-6-8-19)25(30)27-21-15-11-20(12-16-21)24-17-31-26(29-24)28-22-13-9-18(2)10-14-22/h4-17,23H,3H2,1-2H3,(H,27,30)(H,28,29). The summed E-state index contributed by atoms with van der Waals surface area (Å²) in [5.41, 5.74) is 6.00. The van der Waals surface area contributed by atoms with Crippen LogP contribution in [0.4, 0.5) is 16.5 Å². The number of hydrogen-bond donors (Lipinski definition) is 2. The molecule has 0 bridgehead atoms. The minimum Gasteiger partial charge on any atom is -0.332 e. The summed E-state index contributed by atoms with van der Waals surface area (Å²) in [5, 5.41) is 9.27. The summed E-state index contributed by atoms with van der Waals surface area (Å²) in [6, 6.07) is 26.0. The molecule has 1 amide bonds. The van der Waals surface area contributed by atoms with Gasteiger partial charge in [0.25, 0.3) is 0 Å². The molecule has 1 aromatic heterocycles. The number of amides is 1. The van der Waals surface area contributed by atoms with Gasteiger partial charge in [-0.25, -0.2) is 4.98 Å². The molecule has 4 nitrogen and oxygen atoms in total. The Morgan fingerprint density at radius 2 is 1.61 bits per heavy atom. The van der Waals surface area contributed by atoms with E-state index in [1.807, 2.05) is 79.0 Å². The number of aromatic nitrogens is 1. The van der Waals surface area contributed by atoms with E-state index in [1.54, 1.807) is 11.3 Å². The molecule has 2 N–H and O–H groups in total. The lowest BCUT2D eigenvalue weighted by Crippen LogP contribution is -2.20. The summed E-state index contributed by atoms with van der Waals surface area (Å²) in [7, 11) is 0. The number of nitrogens with zero attached hydrogens (tertiary/aromatic N) is 1. The fourth-order valence-electron chi connectivity index (χ4n) is 3.44. The molecule has 0 aliphatic heterocycles. The number of benzene rings is 3. The zero-order valence-corrected chi connectivity index (χ0v) is 18.4. The van der Waals surface area contributed by atoms with Gasteiger partial charge >= 0.3 is 0 Å². The molecule has 3 aromatic carbocycles. The van der Waals surface area contributed by atoms with E-state index < -0.39 is 0 Å². The van der Waals surface area contributed by atoms with Gasteiger partial charge in [-0.05, 0) is 43.2 Å². The second-order valence-corrected chi connectivity index (χ2v) is 8.33. The first-order valence-electron chi connectivity index (χ1n) is 10.4. The summed E-state index contributed by atoms with van der Waals surface area (Å²) < 4.78 is 0. The average Bonchev–Trinajstić information content (AvgIpc) is 3.26. The van der Waals surface area contributed by atoms with E-state index in [0.717, 1.165) is 39.7 Å². The number of carbonyl (C=O) groups excluding carboxylic acids is 1. The molecule has 0 saturated heterocycles. The van der Waals surface area contributed by atoms with Crippen molar-refractivity contribution in [1.82, 2.24) is 4.98 Å². The van der Waals surface area contributed by atoms with Crippen LogP contribution in [0.1, 0.15) is 30.4 Å². The Kier molecular flexibility index (Phi) is 6.43. The third-order valence-corrected chi connectivity index (χ3v) is 5.94. The van der Waals surface area contributed by atoms with E-state index in [2.05, 4.69) is 29.7 Å². The zero-order chi connectivity index (χ0) is 21.6. The van der Waals surface area contributed by atoms with Crippen molar-refractivity contribution >= 4 is 33.8 Å². The zero-order valence-electron chi connectivity index (χ0n) is 17.6. The van der Waals surface area contributed by atoms with E-state index in [1.165, 1.54) is 5.56 Å². The number of thiazole rings is 1. The molecule has 4 aromatic rings. The van der Waals surface area contributed by atoms with Crippen LogP contribution in [0.5, 0.6) is 0 Å². The van der Waals surface area contributed by atoms with Crippen LogP contribution in [0.15, 0.2) is 84.2 Å². The number of anilines is 3. The van der Waals surface area contributed by atoms with Crippen LogP contribution in [-0.4, -0.2) is 10.9 Å². The van der Waals surface area contributed by atoms with E-state index in [-0.39, 0.29) is 11.8 Å². The maximum absolute atomic E-state index is 12.8. The van der Waals surface area contributed by atoms with E-state index in [4.69, 9.17) is 4.98 Å². The Balaban J connectivity index is 1.42. The second-order valence-electron chi connectivity index (χ2n) is 7.47. The van der Waals surface area contributed by atoms with Gasteiger partial charge in [0.2, 0.25) is 5.91 Å². The molecule has 0 spiro atoms. The molecule has 1 atom stereocenters. The number of aryl methyl sites for hydroxylation is 1. The maximum atomic E-state index is 12.8. The molecule has 0 aliphatic carbocycles. The first-order chi connectivity index (χ1) is 15.1. The van der Waals surface area contributed by atoms with Gasteiger partial charge in [0.1, 0.15) is 0 Å². The number of hydrogen-bond acceptors (Lipinski definition) is 4. The van der Waals surface area contributed by atoms with Crippen LogP contribution in [0.3, 0.4) is 0 Å². The molecule has 0 aliphatic rings. The fraction of sp³-hybridized carbons (Fsp3) is 0.154. The van der Waals surface area contributed by atoms with Gasteiger partial charge in [-0.2, -0.15) is 0 Å². The third-order valence-electron chi connectivity index (χ3n) is 5.18. The number of rotatable bonds is 7. The molecular formula is C26H25N3OS. The molecule has 0 saturated carbocycles. The average molecular weight is 428 g/mol. The second kappa shape index (κ2) is 9.58. The predicted molar refractivity (Wildman–Crippen MR) is 130 cm³/mol. The maximum Gasteiger partial charge on any atom is 0.231 e. The van der Waals surface area contributed by atoms with Gasteiger partial charge in [-0.1, -0.05) is 67.1 Å². The Hall–Kier alpha value is -3.44. The summed E-state index contributed by atoms with van der Waals surface area (Å²) >= 11 is 1.57. The number of carbonyl (C=O) groups is 1. The van der Waals surface area contributed by atoms with Crippen molar-refractivity contribution in [1.29, 1.82) is 0 Å². The highest BCUT2D eigenvalue weighted by molar-refractivity contribution is 7.14. The van der Waals surface area contributed by atoms with Crippen molar-refractivity contribution < 1.29 is 4.79 Å². The first-order valence-corrected chi connectivity index (χ1v) is 11.3. The Labute approximate surface area is 187 Å². The van der Waals surface area contributed by atoms with Crippen molar-refractivity contribution in [2.24, 2.45) is 0 Å². The molecule has 4 rings (SSSR count). The topological polar surface area (TPSA) is 54.0 Å². The first kappa shape index (κ1) is 20.8. The van der Waals surface area contributed by atoms with Gasteiger partial charge < -0.3 is 10.6 Å². The van der Waals surface area contributed by atoms with Crippen molar-refractivity contribution in [3.8, 4) is 11.3 Å². The van der Waals surface area contributed by atoms with Gasteiger partial charge in [0.15, 0.2) is 5.13 Å². The Morgan fingerprint density at radius 3 is 2.29 bits per heavy atom. The lowest BCUT2D eigenvalue weighted by molar-refractivity contribution is -0.117.